The van der Waals surface area contributed by atoms with E-state index >= 15 is 0 Å². The van der Waals surface area contributed by atoms with Crippen LogP contribution in [0, 0.1) is 0 Å². The molecule has 0 unspecified atom stereocenters. The van der Waals surface area contributed by atoms with Gasteiger partial charge in [0.1, 0.15) is 5.82 Å². The second-order valence-electron chi connectivity index (χ2n) is 6.91. The van der Waals surface area contributed by atoms with Crippen molar-refractivity contribution >= 4 is 17.5 Å². The van der Waals surface area contributed by atoms with Crippen LogP contribution >= 0.6 is 0 Å². The average molecular weight is 405 g/mol. The SMILES string of the molecule is O=C(CCC(=O)N1CCCN(c2ccc(C(F)(F)F)cn2)CC1)c1ccccc1. The lowest BCUT2D eigenvalue weighted by molar-refractivity contribution is -0.137. The summed E-state index contributed by atoms with van der Waals surface area (Å²) in [5.41, 5.74) is -0.188. The number of pyridine rings is 1. The van der Waals surface area contributed by atoms with E-state index in [4.69, 9.17) is 0 Å². The molecular weight excluding hydrogens is 383 g/mol. The molecule has 5 nitrogen and oxygen atoms in total. The monoisotopic (exact) mass is 405 g/mol. The second kappa shape index (κ2) is 9.07. The molecule has 0 radical (unpaired) electrons. The topological polar surface area (TPSA) is 53.5 Å². The molecular formula is C21H22F3N3O2. The average Bonchev–Trinajstić information content (AvgIpc) is 2.98. The lowest BCUT2D eigenvalue weighted by Crippen LogP contribution is -2.35. The number of rotatable bonds is 5. The Labute approximate surface area is 167 Å². The Morgan fingerprint density at radius 3 is 2.34 bits per heavy atom. The van der Waals surface area contributed by atoms with Crippen LogP contribution in [0.1, 0.15) is 35.2 Å². The summed E-state index contributed by atoms with van der Waals surface area (Å²) < 4.78 is 38.0. The van der Waals surface area contributed by atoms with Crippen molar-refractivity contribution in [1.29, 1.82) is 0 Å². The highest BCUT2D eigenvalue weighted by atomic mass is 19.4. The zero-order valence-corrected chi connectivity index (χ0v) is 15.9. The van der Waals surface area contributed by atoms with Crippen LogP contribution in [-0.2, 0) is 11.0 Å². The van der Waals surface area contributed by atoms with Crippen LogP contribution in [-0.4, -0.2) is 47.8 Å². The van der Waals surface area contributed by atoms with Crippen LogP contribution in [0.25, 0.3) is 0 Å². The lowest BCUT2D eigenvalue weighted by atomic mass is 10.1. The van der Waals surface area contributed by atoms with Gasteiger partial charge in [-0.15, -0.1) is 0 Å². The molecule has 2 aromatic rings. The van der Waals surface area contributed by atoms with Gasteiger partial charge >= 0.3 is 6.18 Å². The van der Waals surface area contributed by atoms with Crippen LogP contribution in [0.3, 0.4) is 0 Å². The van der Waals surface area contributed by atoms with Crippen molar-refractivity contribution in [2.24, 2.45) is 0 Å². The fourth-order valence-electron chi connectivity index (χ4n) is 3.28. The highest BCUT2D eigenvalue weighted by molar-refractivity contribution is 5.97. The number of benzene rings is 1. The number of anilines is 1. The summed E-state index contributed by atoms with van der Waals surface area (Å²) >= 11 is 0. The number of amides is 1. The maximum absolute atomic E-state index is 12.7. The van der Waals surface area contributed by atoms with Gasteiger partial charge in [-0.3, -0.25) is 9.59 Å². The van der Waals surface area contributed by atoms with E-state index in [9.17, 15) is 22.8 Å². The summed E-state index contributed by atoms with van der Waals surface area (Å²) in [6, 6.07) is 11.2. The van der Waals surface area contributed by atoms with Crippen LogP contribution in [0.15, 0.2) is 48.7 Å². The Hall–Kier alpha value is -2.90. The van der Waals surface area contributed by atoms with E-state index in [-0.39, 0.29) is 24.5 Å². The van der Waals surface area contributed by atoms with Gasteiger partial charge in [-0.25, -0.2) is 4.98 Å². The number of halogens is 3. The van der Waals surface area contributed by atoms with Gasteiger partial charge in [-0.2, -0.15) is 13.2 Å². The van der Waals surface area contributed by atoms with Crippen LogP contribution in [0.4, 0.5) is 19.0 Å². The normalized spacial score (nSPS) is 15.1. The molecule has 0 aliphatic carbocycles. The predicted octanol–water partition coefficient (Wildman–Crippen LogP) is 3.80. The van der Waals surface area contributed by atoms with E-state index in [1.54, 1.807) is 29.2 Å². The smallest absolute Gasteiger partial charge is 0.355 e. The van der Waals surface area contributed by atoms with Crippen molar-refractivity contribution in [3.63, 3.8) is 0 Å². The summed E-state index contributed by atoms with van der Waals surface area (Å²) in [5, 5.41) is 0. The van der Waals surface area contributed by atoms with Crippen molar-refractivity contribution in [2.45, 2.75) is 25.4 Å². The Kier molecular flexibility index (Phi) is 6.51. The molecule has 29 heavy (non-hydrogen) atoms. The first-order valence-corrected chi connectivity index (χ1v) is 9.49. The van der Waals surface area contributed by atoms with Gasteiger partial charge in [0.05, 0.1) is 5.56 Å². The van der Waals surface area contributed by atoms with Crippen LogP contribution < -0.4 is 4.90 Å². The van der Waals surface area contributed by atoms with Crippen molar-refractivity contribution in [3.8, 4) is 0 Å². The van der Waals surface area contributed by atoms with Gasteiger partial charge in [0.25, 0.3) is 0 Å². The molecule has 1 aliphatic rings. The van der Waals surface area contributed by atoms with E-state index in [1.807, 2.05) is 11.0 Å². The molecule has 0 bridgehead atoms. The van der Waals surface area contributed by atoms with Crippen molar-refractivity contribution < 1.29 is 22.8 Å². The fraction of sp³-hybridized carbons (Fsp3) is 0.381. The summed E-state index contributed by atoms with van der Waals surface area (Å²) in [6.45, 7) is 2.08. The second-order valence-corrected chi connectivity index (χ2v) is 6.91. The summed E-state index contributed by atoms with van der Waals surface area (Å²) in [7, 11) is 0. The van der Waals surface area contributed by atoms with Crippen LogP contribution in [0.2, 0.25) is 0 Å². The molecule has 0 saturated carbocycles. The maximum atomic E-state index is 12.7. The molecule has 1 aromatic heterocycles. The minimum atomic E-state index is -4.41. The zero-order chi connectivity index (χ0) is 20.9. The molecule has 0 N–H and O–H groups in total. The number of hydrogen-bond acceptors (Lipinski definition) is 4. The van der Waals surface area contributed by atoms with E-state index in [0.717, 1.165) is 12.3 Å². The van der Waals surface area contributed by atoms with Gasteiger partial charge in [0.2, 0.25) is 5.91 Å². The van der Waals surface area contributed by atoms with E-state index in [2.05, 4.69) is 4.98 Å². The number of carbonyl (C=O) groups is 2. The number of aromatic nitrogens is 1. The standard InChI is InChI=1S/C21H22F3N3O2/c22-21(23,24)17-7-9-19(25-15-17)26-11-4-12-27(14-13-26)20(29)10-8-18(28)16-5-2-1-3-6-16/h1-3,5-7,9,15H,4,8,10-14H2. The molecule has 1 saturated heterocycles. The number of carbonyl (C=O) groups excluding carboxylic acids is 2. The number of ketones is 1. The van der Waals surface area contributed by atoms with Crippen molar-refractivity contribution in [3.05, 3.63) is 59.8 Å². The van der Waals surface area contributed by atoms with E-state index in [1.165, 1.54) is 6.07 Å². The molecule has 0 atom stereocenters. The molecule has 8 heteroatoms. The highest BCUT2D eigenvalue weighted by Gasteiger charge is 2.31. The third-order valence-corrected chi connectivity index (χ3v) is 4.91. The lowest BCUT2D eigenvalue weighted by Gasteiger charge is -2.23. The number of alkyl halides is 3. The quantitative estimate of drug-likeness (QED) is 0.710. The Balaban J connectivity index is 1.52. The minimum absolute atomic E-state index is 0.0654. The molecule has 1 aliphatic heterocycles. The molecule has 3 rings (SSSR count). The van der Waals surface area contributed by atoms with Crippen molar-refractivity contribution in [1.82, 2.24) is 9.88 Å². The van der Waals surface area contributed by atoms with Crippen molar-refractivity contribution in [2.75, 3.05) is 31.1 Å². The Morgan fingerprint density at radius 1 is 0.931 bits per heavy atom. The Bertz CT molecular complexity index is 838. The zero-order valence-electron chi connectivity index (χ0n) is 15.9. The molecule has 1 aromatic carbocycles. The number of nitrogens with zero attached hydrogens (tertiary/aromatic N) is 3. The first-order chi connectivity index (χ1) is 13.8. The van der Waals surface area contributed by atoms with Gasteiger partial charge in [-0.1, -0.05) is 30.3 Å². The Morgan fingerprint density at radius 2 is 1.69 bits per heavy atom. The predicted molar refractivity (Wildman–Crippen MR) is 103 cm³/mol. The summed E-state index contributed by atoms with van der Waals surface area (Å²) in [6.07, 6.45) is -2.60. The number of hydrogen-bond donors (Lipinski definition) is 0. The third kappa shape index (κ3) is 5.56. The highest BCUT2D eigenvalue weighted by Crippen LogP contribution is 2.29. The minimum Gasteiger partial charge on any atom is -0.355 e. The van der Waals surface area contributed by atoms with Crippen LogP contribution in [0.5, 0.6) is 0 Å². The summed E-state index contributed by atoms with van der Waals surface area (Å²) in [4.78, 5) is 32.2. The third-order valence-electron chi connectivity index (χ3n) is 4.91. The van der Waals surface area contributed by atoms with Gasteiger partial charge in [-0.05, 0) is 18.6 Å². The van der Waals surface area contributed by atoms with E-state index in [0.29, 0.717) is 44.0 Å². The van der Waals surface area contributed by atoms with Gasteiger partial charge < -0.3 is 9.80 Å². The number of Topliss-reactive ketones (excluding diaryl/α,β-unsaturated/α-hetero) is 1. The first-order valence-electron chi connectivity index (χ1n) is 9.49. The fourth-order valence-corrected chi connectivity index (χ4v) is 3.28. The molecule has 2 heterocycles. The molecule has 0 spiro atoms. The van der Waals surface area contributed by atoms with E-state index < -0.39 is 11.7 Å². The summed E-state index contributed by atoms with van der Waals surface area (Å²) in [5.74, 6) is 0.312. The largest absolute Gasteiger partial charge is 0.417 e. The molecule has 154 valence electrons. The molecule has 1 amide bonds. The van der Waals surface area contributed by atoms with Gasteiger partial charge in [0, 0.05) is 50.8 Å². The van der Waals surface area contributed by atoms with Gasteiger partial charge in [0.15, 0.2) is 5.78 Å². The molecule has 1 fully saturated rings. The first kappa shape index (κ1) is 20.8. The maximum Gasteiger partial charge on any atom is 0.417 e.